The fourth-order valence-electron chi connectivity index (χ4n) is 2.28. The lowest BCUT2D eigenvalue weighted by atomic mass is 10.2. The zero-order valence-corrected chi connectivity index (χ0v) is 13.1. The Hall–Kier alpha value is -1.70. The van der Waals surface area contributed by atoms with Crippen LogP contribution in [0.3, 0.4) is 0 Å². The van der Waals surface area contributed by atoms with Gasteiger partial charge in [-0.3, -0.25) is 14.9 Å². The van der Waals surface area contributed by atoms with Crippen LogP contribution in [0.15, 0.2) is 24.3 Å². The van der Waals surface area contributed by atoms with E-state index in [-0.39, 0.29) is 24.0 Å². The highest BCUT2D eigenvalue weighted by atomic mass is 35.5. The first-order valence-electron chi connectivity index (χ1n) is 7.12. The minimum atomic E-state index is -0.477. The van der Waals surface area contributed by atoms with E-state index in [4.69, 9.17) is 0 Å². The van der Waals surface area contributed by atoms with E-state index in [2.05, 4.69) is 15.5 Å². The molecule has 0 radical (unpaired) electrons. The van der Waals surface area contributed by atoms with Crippen molar-refractivity contribution in [2.24, 2.45) is 0 Å². The van der Waals surface area contributed by atoms with Gasteiger partial charge >= 0.3 is 0 Å². The maximum absolute atomic E-state index is 11.9. The molecule has 7 nitrogen and oxygen atoms in total. The Morgan fingerprint density at radius 2 is 1.91 bits per heavy atom. The second-order valence-electron chi connectivity index (χ2n) is 5.01. The molecule has 1 aliphatic heterocycles. The number of amides is 1. The van der Waals surface area contributed by atoms with E-state index in [9.17, 15) is 14.9 Å². The van der Waals surface area contributed by atoms with Crippen molar-refractivity contribution in [3.05, 3.63) is 39.9 Å². The topological polar surface area (TPSA) is 87.5 Å². The first kappa shape index (κ1) is 18.3. The largest absolute Gasteiger partial charge is 0.352 e. The highest BCUT2D eigenvalue weighted by Gasteiger charge is 2.10. The molecule has 1 aromatic carbocycles. The number of carbonyl (C=O) groups is 1. The molecule has 1 heterocycles. The monoisotopic (exact) mass is 328 g/mol. The van der Waals surface area contributed by atoms with Crippen molar-refractivity contribution < 1.29 is 9.72 Å². The third kappa shape index (κ3) is 5.59. The Morgan fingerprint density at radius 3 is 2.50 bits per heavy atom. The van der Waals surface area contributed by atoms with Gasteiger partial charge in [-0.05, 0) is 25.1 Å². The second kappa shape index (κ2) is 9.34. The van der Waals surface area contributed by atoms with Crippen molar-refractivity contribution in [1.82, 2.24) is 15.5 Å². The van der Waals surface area contributed by atoms with Gasteiger partial charge in [0.25, 0.3) is 11.6 Å². The molecular formula is C14H21ClN4O3. The fraction of sp³-hybridized carbons (Fsp3) is 0.500. The summed E-state index contributed by atoms with van der Waals surface area (Å²) in [5.74, 6) is -0.190. The van der Waals surface area contributed by atoms with E-state index >= 15 is 0 Å². The number of carbonyl (C=O) groups excluding carboxylic acids is 1. The molecule has 0 atom stereocenters. The van der Waals surface area contributed by atoms with Gasteiger partial charge in [0, 0.05) is 50.4 Å². The number of rotatable bonds is 6. The average Bonchev–Trinajstić information content (AvgIpc) is 2.52. The van der Waals surface area contributed by atoms with Crippen molar-refractivity contribution >= 4 is 24.0 Å². The molecule has 0 unspecified atom stereocenters. The Kier molecular flexibility index (Phi) is 7.79. The molecule has 0 saturated carbocycles. The summed E-state index contributed by atoms with van der Waals surface area (Å²) >= 11 is 0. The SMILES string of the molecule is Cl.O=C(NCCCN1CCNCC1)c1ccc([N+](=O)[O-])cc1. The highest BCUT2D eigenvalue weighted by Crippen LogP contribution is 2.11. The molecule has 2 rings (SSSR count). The van der Waals surface area contributed by atoms with Crippen molar-refractivity contribution in [2.75, 3.05) is 39.3 Å². The Morgan fingerprint density at radius 1 is 1.27 bits per heavy atom. The summed E-state index contributed by atoms with van der Waals surface area (Å²) in [7, 11) is 0. The summed E-state index contributed by atoms with van der Waals surface area (Å²) in [6, 6.07) is 5.64. The Bertz CT molecular complexity index is 489. The van der Waals surface area contributed by atoms with Gasteiger partial charge in [0.05, 0.1) is 4.92 Å². The van der Waals surface area contributed by atoms with Crippen molar-refractivity contribution in [3.63, 3.8) is 0 Å². The van der Waals surface area contributed by atoms with Crippen LogP contribution in [-0.4, -0.2) is 55.0 Å². The molecule has 2 N–H and O–H groups in total. The van der Waals surface area contributed by atoms with Crippen LogP contribution in [0.25, 0.3) is 0 Å². The van der Waals surface area contributed by atoms with E-state index in [0.29, 0.717) is 12.1 Å². The fourth-order valence-corrected chi connectivity index (χ4v) is 2.28. The smallest absolute Gasteiger partial charge is 0.269 e. The van der Waals surface area contributed by atoms with Crippen molar-refractivity contribution in [2.45, 2.75) is 6.42 Å². The summed E-state index contributed by atoms with van der Waals surface area (Å²) in [6.07, 6.45) is 0.902. The quantitative estimate of drug-likeness (QED) is 0.463. The highest BCUT2D eigenvalue weighted by molar-refractivity contribution is 5.94. The maximum atomic E-state index is 11.9. The number of hydrogen-bond donors (Lipinski definition) is 2. The molecule has 0 aliphatic carbocycles. The molecule has 22 heavy (non-hydrogen) atoms. The minimum absolute atomic E-state index is 0. The lowest BCUT2D eigenvalue weighted by Gasteiger charge is -2.27. The van der Waals surface area contributed by atoms with Gasteiger partial charge in [0.1, 0.15) is 0 Å². The number of halogens is 1. The van der Waals surface area contributed by atoms with Crippen LogP contribution < -0.4 is 10.6 Å². The number of nitro groups is 1. The lowest BCUT2D eigenvalue weighted by molar-refractivity contribution is -0.384. The predicted molar refractivity (Wildman–Crippen MR) is 86.6 cm³/mol. The number of non-ortho nitro benzene ring substituents is 1. The zero-order chi connectivity index (χ0) is 15.1. The molecule has 1 aromatic rings. The van der Waals surface area contributed by atoms with Gasteiger partial charge in [-0.25, -0.2) is 0 Å². The number of nitrogens with one attached hydrogen (secondary N) is 2. The summed E-state index contributed by atoms with van der Waals surface area (Å²) in [5, 5.41) is 16.7. The van der Waals surface area contributed by atoms with Gasteiger partial charge in [-0.2, -0.15) is 0 Å². The van der Waals surface area contributed by atoms with Crippen LogP contribution in [0.5, 0.6) is 0 Å². The molecule has 0 spiro atoms. The molecule has 1 amide bonds. The molecule has 1 saturated heterocycles. The van der Waals surface area contributed by atoms with Gasteiger partial charge in [0.15, 0.2) is 0 Å². The van der Waals surface area contributed by atoms with Crippen LogP contribution in [-0.2, 0) is 0 Å². The van der Waals surface area contributed by atoms with Crippen molar-refractivity contribution in [3.8, 4) is 0 Å². The van der Waals surface area contributed by atoms with Gasteiger partial charge < -0.3 is 15.5 Å². The van der Waals surface area contributed by atoms with Gasteiger partial charge in [-0.15, -0.1) is 12.4 Å². The van der Waals surface area contributed by atoms with E-state index in [0.717, 1.165) is 39.1 Å². The molecule has 0 bridgehead atoms. The van der Waals surface area contributed by atoms with Crippen LogP contribution >= 0.6 is 12.4 Å². The summed E-state index contributed by atoms with van der Waals surface area (Å²) in [6.45, 7) is 5.73. The van der Waals surface area contributed by atoms with E-state index in [1.807, 2.05) is 0 Å². The van der Waals surface area contributed by atoms with Crippen LogP contribution in [0.2, 0.25) is 0 Å². The summed E-state index contributed by atoms with van der Waals surface area (Å²) < 4.78 is 0. The molecule has 1 aliphatic rings. The molecule has 1 fully saturated rings. The number of hydrogen-bond acceptors (Lipinski definition) is 5. The third-order valence-corrected chi connectivity index (χ3v) is 3.49. The molecule has 0 aromatic heterocycles. The van der Waals surface area contributed by atoms with Gasteiger partial charge in [-0.1, -0.05) is 0 Å². The summed E-state index contributed by atoms with van der Waals surface area (Å²) in [4.78, 5) is 24.3. The van der Waals surface area contributed by atoms with E-state index < -0.39 is 4.92 Å². The molecular weight excluding hydrogens is 308 g/mol. The van der Waals surface area contributed by atoms with Crippen LogP contribution in [0.1, 0.15) is 16.8 Å². The maximum Gasteiger partial charge on any atom is 0.269 e. The third-order valence-electron chi connectivity index (χ3n) is 3.49. The van der Waals surface area contributed by atoms with E-state index in [1.54, 1.807) is 0 Å². The average molecular weight is 329 g/mol. The standard InChI is InChI=1S/C14H20N4O3.ClH/c19-14(12-2-4-13(5-3-12)18(20)21)16-6-1-9-17-10-7-15-8-11-17;/h2-5,15H,1,6-11H2,(H,16,19);1H. The van der Waals surface area contributed by atoms with Gasteiger partial charge in [0.2, 0.25) is 0 Å². The Balaban J connectivity index is 0.00000242. The first-order chi connectivity index (χ1) is 10.2. The molecule has 122 valence electrons. The summed E-state index contributed by atoms with van der Waals surface area (Å²) in [5.41, 5.74) is 0.438. The Labute approximate surface area is 135 Å². The number of benzene rings is 1. The van der Waals surface area contributed by atoms with E-state index in [1.165, 1.54) is 24.3 Å². The minimum Gasteiger partial charge on any atom is -0.352 e. The number of nitrogens with zero attached hydrogens (tertiary/aromatic N) is 2. The molecule has 8 heteroatoms. The van der Waals surface area contributed by atoms with Crippen LogP contribution in [0.4, 0.5) is 5.69 Å². The van der Waals surface area contributed by atoms with Crippen molar-refractivity contribution in [1.29, 1.82) is 0 Å². The first-order valence-corrected chi connectivity index (χ1v) is 7.12. The number of piperazine rings is 1. The number of nitro benzene ring substituents is 1. The van der Waals surface area contributed by atoms with Crippen LogP contribution in [0, 0.1) is 10.1 Å². The second-order valence-corrected chi connectivity index (χ2v) is 5.01. The normalized spacial score (nSPS) is 14.9. The predicted octanol–water partition coefficient (Wildman–Crippen LogP) is 1.04. The zero-order valence-electron chi connectivity index (χ0n) is 12.3. The lowest BCUT2D eigenvalue weighted by Crippen LogP contribution is -2.44.